The molecule has 0 bridgehead atoms. The Hall–Kier alpha value is -2.92. The second-order valence-corrected chi connectivity index (χ2v) is 8.11. The Kier molecular flexibility index (Phi) is 5.49. The molecule has 4 rings (SSSR count). The van der Waals surface area contributed by atoms with Crippen molar-refractivity contribution >= 4 is 33.4 Å². The molecule has 0 spiro atoms. The molecule has 0 saturated carbocycles. The molecule has 29 heavy (non-hydrogen) atoms. The molecule has 148 valence electrons. The molecule has 2 fully saturated rings. The van der Waals surface area contributed by atoms with Gasteiger partial charge in [0.25, 0.3) is 0 Å². The van der Waals surface area contributed by atoms with Gasteiger partial charge in [-0.05, 0) is 24.3 Å². The van der Waals surface area contributed by atoms with Crippen molar-refractivity contribution < 1.29 is 14.3 Å². The third kappa shape index (κ3) is 4.25. The summed E-state index contributed by atoms with van der Waals surface area (Å²) in [4.78, 5) is 33.0. The van der Waals surface area contributed by atoms with Gasteiger partial charge in [-0.15, -0.1) is 0 Å². The van der Waals surface area contributed by atoms with E-state index in [2.05, 4.69) is 27.0 Å². The molecule has 1 aromatic heterocycles. The molecule has 2 amide bonds. The molecule has 8 heteroatoms. The van der Waals surface area contributed by atoms with E-state index in [0.29, 0.717) is 37.5 Å². The third-order valence-corrected chi connectivity index (χ3v) is 5.70. The summed E-state index contributed by atoms with van der Waals surface area (Å²) in [6.45, 7) is 1.43. The Bertz CT molecular complexity index is 990. The summed E-state index contributed by atoms with van der Waals surface area (Å²) in [7, 11) is 0. The number of hydrogen-bond donors (Lipinski definition) is 0. The van der Waals surface area contributed by atoms with E-state index in [1.165, 1.54) is 6.20 Å². The average Bonchev–Trinajstić information content (AvgIpc) is 3.34. The summed E-state index contributed by atoms with van der Waals surface area (Å²) in [5.74, 6) is -0.00727. The monoisotopic (exact) mass is 454 g/mol. The lowest BCUT2D eigenvalue weighted by molar-refractivity contribution is -0.135. The van der Waals surface area contributed by atoms with Crippen LogP contribution < -0.4 is 9.64 Å². The van der Waals surface area contributed by atoms with Crippen LogP contribution in [0.3, 0.4) is 0 Å². The molecular weight excluding hydrogens is 436 g/mol. The maximum absolute atomic E-state index is 13.0. The maximum atomic E-state index is 13.0. The van der Waals surface area contributed by atoms with Crippen LogP contribution in [-0.4, -0.2) is 47.4 Å². The fraction of sp³-hybridized carbons (Fsp3) is 0.333. The number of halogens is 1. The molecule has 2 aliphatic rings. The van der Waals surface area contributed by atoms with Gasteiger partial charge in [0.15, 0.2) is 0 Å². The number of nitrogens with zero attached hydrogens (tertiary/aromatic N) is 4. The summed E-state index contributed by atoms with van der Waals surface area (Å²) in [5, 5.41) is 8.98. The van der Waals surface area contributed by atoms with Crippen molar-refractivity contribution in [3.05, 3.63) is 52.6 Å². The largest absolute Gasteiger partial charge is 0.472 e. The number of carbonyl (C=O) groups excluding carboxylic acids is 2. The van der Waals surface area contributed by atoms with Crippen LogP contribution in [0.25, 0.3) is 0 Å². The second-order valence-electron chi connectivity index (χ2n) is 7.19. The number of pyridine rings is 1. The Morgan fingerprint density at radius 3 is 2.93 bits per heavy atom. The first-order valence-electron chi connectivity index (χ1n) is 9.41. The van der Waals surface area contributed by atoms with Crippen molar-refractivity contribution in [1.29, 1.82) is 5.26 Å². The Labute approximate surface area is 177 Å². The topological polar surface area (TPSA) is 86.5 Å². The highest BCUT2D eigenvalue weighted by molar-refractivity contribution is 9.10. The summed E-state index contributed by atoms with van der Waals surface area (Å²) in [6.07, 6.45) is 2.28. The van der Waals surface area contributed by atoms with Gasteiger partial charge in [0.1, 0.15) is 6.10 Å². The molecule has 2 saturated heterocycles. The first-order chi connectivity index (χ1) is 14.0. The first kappa shape index (κ1) is 19.4. The molecule has 1 aromatic carbocycles. The molecule has 2 aromatic rings. The molecule has 2 aliphatic heterocycles. The zero-order chi connectivity index (χ0) is 20.4. The number of amides is 2. The number of anilines is 1. The average molecular weight is 455 g/mol. The highest BCUT2D eigenvalue weighted by Crippen LogP contribution is 2.29. The second kappa shape index (κ2) is 8.21. The van der Waals surface area contributed by atoms with Crippen LogP contribution in [0.15, 0.2) is 47.1 Å². The smallest absolute Gasteiger partial charge is 0.228 e. The molecule has 0 N–H and O–H groups in total. The van der Waals surface area contributed by atoms with Crippen LogP contribution >= 0.6 is 15.9 Å². The molecule has 7 nitrogen and oxygen atoms in total. The van der Waals surface area contributed by atoms with E-state index in [1.54, 1.807) is 21.9 Å². The van der Waals surface area contributed by atoms with E-state index in [-0.39, 0.29) is 30.3 Å². The van der Waals surface area contributed by atoms with Crippen molar-refractivity contribution in [2.24, 2.45) is 5.92 Å². The van der Waals surface area contributed by atoms with E-state index >= 15 is 0 Å². The Morgan fingerprint density at radius 2 is 2.14 bits per heavy atom. The predicted octanol–water partition coefficient (Wildman–Crippen LogP) is 2.75. The fourth-order valence-electron chi connectivity index (χ4n) is 3.76. The number of aromatic nitrogens is 1. The highest BCUT2D eigenvalue weighted by Gasteiger charge is 2.39. The van der Waals surface area contributed by atoms with Crippen LogP contribution in [-0.2, 0) is 9.59 Å². The number of hydrogen-bond acceptors (Lipinski definition) is 5. The van der Waals surface area contributed by atoms with E-state index in [1.807, 2.05) is 24.3 Å². The lowest BCUT2D eigenvalue weighted by Gasteiger charge is -2.21. The quantitative estimate of drug-likeness (QED) is 0.708. The summed E-state index contributed by atoms with van der Waals surface area (Å²) < 4.78 is 6.74. The maximum Gasteiger partial charge on any atom is 0.228 e. The molecule has 0 aliphatic carbocycles. The van der Waals surface area contributed by atoms with Crippen LogP contribution in [0.5, 0.6) is 5.88 Å². The number of carbonyl (C=O) groups is 2. The molecule has 0 radical (unpaired) electrons. The summed E-state index contributed by atoms with van der Waals surface area (Å²) in [6, 6.07) is 12.8. The minimum absolute atomic E-state index is 0.0133. The standard InChI is InChI=1S/C21H19BrN4O3/c22-16-2-1-3-17(10-16)26-12-15(9-20(26)27)21(28)25-7-5-18(13-25)29-19-8-14(11-23)4-6-24-19/h1-4,6,8,10,15,18H,5,7,9,12-13H2. The number of ether oxygens (including phenoxy) is 1. The van der Waals surface area contributed by atoms with Gasteiger partial charge >= 0.3 is 0 Å². The predicted molar refractivity (Wildman–Crippen MR) is 109 cm³/mol. The van der Waals surface area contributed by atoms with Gasteiger partial charge in [-0.1, -0.05) is 22.0 Å². The van der Waals surface area contributed by atoms with E-state index in [4.69, 9.17) is 10.00 Å². The van der Waals surface area contributed by atoms with Crippen molar-refractivity contribution in [1.82, 2.24) is 9.88 Å². The lowest BCUT2D eigenvalue weighted by Crippen LogP contribution is -2.37. The zero-order valence-electron chi connectivity index (χ0n) is 15.6. The lowest BCUT2D eigenvalue weighted by atomic mass is 10.1. The fourth-order valence-corrected chi connectivity index (χ4v) is 4.15. The van der Waals surface area contributed by atoms with Crippen molar-refractivity contribution in [3.8, 4) is 11.9 Å². The van der Waals surface area contributed by atoms with Crippen molar-refractivity contribution in [2.45, 2.75) is 18.9 Å². The third-order valence-electron chi connectivity index (χ3n) is 5.20. The summed E-state index contributed by atoms with van der Waals surface area (Å²) in [5.41, 5.74) is 1.28. The molecule has 2 unspecified atom stereocenters. The minimum Gasteiger partial charge on any atom is -0.472 e. The van der Waals surface area contributed by atoms with Gasteiger partial charge in [0, 0.05) is 48.4 Å². The first-order valence-corrected chi connectivity index (χ1v) is 10.2. The number of benzene rings is 1. The van der Waals surface area contributed by atoms with Gasteiger partial charge in [-0.3, -0.25) is 9.59 Å². The normalized spacial score (nSPS) is 21.3. The van der Waals surface area contributed by atoms with E-state index in [9.17, 15) is 9.59 Å². The zero-order valence-corrected chi connectivity index (χ0v) is 17.2. The van der Waals surface area contributed by atoms with Gasteiger partial charge < -0.3 is 14.5 Å². The van der Waals surface area contributed by atoms with Gasteiger partial charge in [0.2, 0.25) is 17.7 Å². The molecule has 2 atom stereocenters. The van der Waals surface area contributed by atoms with Crippen molar-refractivity contribution in [2.75, 3.05) is 24.5 Å². The van der Waals surface area contributed by atoms with Crippen LogP contribution in [0.2, 0.25) is 0 Å². The number of rotatable bonds is 4. The SMILES string of the molecule is N#Cc1ccnc(OC2CCN(C(=O)C3CC(=O)N(c4cccc(Br)c4)C3)C2)c1. The number of likely N-dealkylation sites (tertiary alicyclic amines) is 1. The molecular formula is C21H19BrN4O3. The number of nitriles is 1. The summed E-state index contributed by atoms with van der Waals surface area (Å²) >= 11 is 3.42. The van der Waals surface area contributed by atoms with Crippen LogP contribution in [0.4, 0.5) is 5.69 Å². The minimum atomic E-state index is -0.347. The highest BCUT2D eigenvalue weighted by atomic mass is 79.9. The van der Waals surface area contributed by atoms with Gasteiger partial charge in [-0.2, -0.15) is 5.26 Å². The van der Waals surface area contributed by atoms with Crippen LogP contribution in [0, 0.1) is 17.2 Å². The van der Waals surface area contributed by atoms with Crippen LogP contribution in [0.1, 0.15) is 18.4 Å². The van der Waals surface area contributed by atoms with Crippen molar-refractivity contribution in [3.63, 3.8) is 0 Å². The van der Waals surface area contributed by atoms with Gasteiger partial charge in [0.05, 0.1) is 24.1 Å². The Balaban J connectivity index is 1.37. The Morgan fingerprint density at radius 1 is 1.28 bits per heavy atom. The van der Waals surface area contributed by atoms with E-state index in [0.717, 1.165) is 10.2 Å². The van der Waals surface area contributed by atoms with Gasteiger partial charge in [-0.25, -0.2) is 4.98 Å². The molecule has 3 heterocycles. The van der Waals surface area contributed by atoms with E-state index < -0.39 is 0 Å².